The van der Waals surface area contributed by atoms with E-state index < -0.39 is 0 Å². The van der Waals surface area contributed by atoms with Gasteiger partial charge in [0.1, 0.15) is 5.75 Å². The van der Waals surface area contributed by atoms with Crippen LogP contribution in [0.15, 0.2) is 89.9 Å². The molecule has 7 nitrogen and oxygen atoms in total. The van der Waals surface area contributed by atoms with Crippen molar-refractivity contribution in [2.75, 3.05) is 6.61 Å². The van der Waals surface area contributed by atoms with Crippen molar-refractivity contribution in [3.8, 4) is 34.1 Å². The van der Waals surface area contributed by atoms with E-state index in [-0.39, 0.29) is 5.56 Å². The zero-order valence-electron chi connectivity index (χ0n) is 21.9. The summed E-state index contributed by atoms with van der Waals surface area (Å²) in [6, 6.07) is 25.8. The molecule has 0 unspecified atom stereocenters. The van der Waals surface area contributed by atoms with Gasteiger partial charge in [-0.25, -0.2) is 4.68 Å². The van der Waals surface area contributed by atoms with Crippen LogP contribution < -0.4 is 14.8 Å². The molecule has 3 heterocycles. The number of thiazole rings is 1. The first kappa shape index (κ1) is 24.8. The Bertz CT molecular complexity index is 1850. The summed E-state index contributed by atoms with van der Waals surface area (Å²) in [5.74, 6) is 1.77. The number of aromatic nitrogens is 5. The van der Waals surface area contributed by atoms with E-state index in [1.807, 2.05) is 71.6 Å². The lowest BCUT2D eigenvalue weighted by molar-refractivity contribution is 0.271. The van der Waals surface area contributed by atoms with E-state index in [9.17, 15) is 4.79 Å². The maximum Gasteiger partial charge on any atom is 0.291 e. The van der Waals surface area contributed by atoms with E-state index in [0.717, 1.165) is 33.8 Å². The Morgan fingerprint density at radius 1 is 0.923 bits per heavy atom. The minimum absolute atomic E-state index is 0.201. The van der Waals surface area contributed by atoms with Crippen LogP contribution in [-0.4, -0.2) is 31.0 Å². The van der Waals surface area contributed by atoms with Gasteiger partial charge in [0, 0.05) is 22.9 Å². The number of aryl methyl sites for hydroxylation is 1. The molecule has 0 aliphatic carbocycles. The minimum atomic E-state index is -0.201. The van der Waals surface area contributed by atoms with Crippen LogP contribution in [0.5, 0.6) is 5.75 Å². The highest BCUT2D eigenvalue weighted by Crippen LogP contribution is 2.25. The zero-order valence-corrected chi connectivity index (χ0v) is 22.7. The lowest BCUT2D eigenvalue weighted by Crippen LogP contribution is -2.23. The average molecular weight is 534 g/mol. The molecule has 0 aliphatic rings. The van der Waals surface area contributed by atoms with E-state index in [0.29, 0.717) is 27.8 Å². The van der Waals surface area contributed by atoms with Gasteiger partial charge in [-0.2, -0.15) is 14.6 Å². The Morgan fingerprint density at radius 3 is 2.33 bits per heavy atom. The summed E-state index contributed by atoms with van der Waals surface area (Å²) < 4.78 is 9.54. The van der Waals surface area contributed by atoms with Gasteiger partial charge < -0.3 is 4.74 Å². The van der Waals surface area contributed by atoms with Crippen LogP contribution in [-0.2, 0) is 0 Å². The number of hydrogen-bond donors (Lipinski definition) is 0. The third-order valence-electron chi connectivity index (χ3n) is 6.25. The maximum atomic E-state index is 13.3. The zero-order chi connectivity index (χ0) is 26.9. The molecule has 0 bridgehead atoms. The lowest BCUT2D eigenvalue weighted by atomic mass is 10.1. The molecular weight excluding hydrogens is 506 g/mol. The summed E-state index contributed by atoms with van der Waals surface area (Å²) in [4.78, 5) is 18.5. The predicted molar refractivity (Wildman–Crippen MR) is 155 cm³/mol. The number of rotatable bonds is 7. The molecule has 3 aromatic carbocycles. The van der Waals surface area contributed by atoms with Gasteiger partial charge in [-0.3, -0.25) is 4.79 Å². The number of para-hydroxylation sites is 1. The SMILES string of the molecule is Cc1ccc(-c2nn(-c3ccccc3)cc2C=c2sc3nc(-c4ccc(OCC(C)C)cc4)nn3c2=O)cc1. The van der Waals surface area contributed by atoms with Crippen LogP contribution >= 0.6 is 11.3 Å². The van der Waals surface area contributed by atoms with Crippen LogP contribution in [0.1, 0.15) is 25.0 Å². The lowest BCUT2D eigenvalue weighted by Gasteiger charge is -2.08. The van der Waals surface area contributed by atoms with Crippen molar-refractivity contribution in [2.24, 2.45) is 5.92 Å². The second-order valence-corrected chi connectivity index (χ2v) is 10.9. The average Bonchev–Trinajstić information content (AvgIpc) is 3.64. The molecule has 39 heavy (non-hydrogen) atoms. The highest BCUT2D eigenvalue weighted by atomic mass is 32.1. The fraction of sp³-hybridized carbons (Fsp3) is 0.161. The molecule has 0 spiro atoms. The van der Waals surface area contributed by atoms with Crippen molar-refractivity contribution < 1.29 is 4.74 Å². The van der Waals surface area contributed by atoms with Gasteiger partial charge in [0.2, 0.25) is 4.96 Å². The number of fused-ring (bicyclic) bond motifs is 1. The molecule has 6 aromatic rings. The highest BCUT2D eigenvalue weighted by Gasteiger charge is 2.15. The highest BCUT2D eigenvalue weighted by molar-refractivity contribution is 7.15. The van der Waals surface area contributed by atoms with Crippen molar-refractivity contribution in [1.82, 2.24) is 24.4 Å². The summed E-state index contributed by atoms with van der Waals surface area (Å²) in [7, 11) is 0. The van der Waals surface area contributed by atoms with E-state index in [2.05, 4.69) is 55.1 Å². The van der Waals surface area contributed by atoms with Gasteiger partial charge in [0.15, 0.2) is 5.82 Å². The second kappa shape index (κ2) is 10.3. The summed E-state index contributed by atoms with van der Waals surface area (Å²) in [6.45, 7) is 6.94. The molecule has 6 rings (SSSR count). The summed E-state index contributed by atoms with van der Waals surface area (Å²) >= 11 is 1.32. The molecule has 8 heteroatoms. The molecule has 0 atom stereocenters. The Kier molecular flexibility index (Phi) is 6.54. The van der Waals surface area contributed by atoms with Crippen molar-refractivity contribution in [1.29, 1.82) is 0 Å². The van der Waals surface area contributed by atoms with Gasteiger partial charge >= 0.3 is 0 Å². The third-order valence-corrected chi connectivity index (χ3v) is 7.21. The topological polar surface area (TPSA) is 74.3 Å². The van der Waals surface area contributed by atoms with Crippen LogP contribution in [0.25, 0.3) is 39.4 Å². The van der Waals surface area contributed by atoms with Crippen LogP contribution in [0.4, 0.5) is 0 Å². The number of nitrogens with zero attached hydrogens (tertiary/aromatic N) is 5. The van der Waals surface area contributed by atoms with Crippen LogP contribution in [0.3, 0.4) is 0 Å². The standard InChI is InChI=1S/C31H27N5O2S/c1-20(2)19-38-26-15-13-23(14-16-26)29-32-31-36(34-29)30(37)27(39-31)17-24-18-35(25-7-5-4-6-8-25)33-28(24)22-11-9-21(3)10-12-22/h4-18,20H,19H2,1-3H3. The van der Waals surface area contributed by atoms with Gasteiger partial charge in [-0.05, 0) is 55.3 Å². The fourth-order valence-electron chi connectivity index (χ4n) is 4.20. The molecule has 0 N–H and O–H groups in total. The maximum absolute atomic E-state index is 13.3. The largest absolute Gasteiger partial charge is 0.493 e. The Labute approximate surface area is 229 Å². The third kappa shape index (κ3) is 5.11. The van der Waals surface area contributed by atoms with Gasteiger partial charge in [0.25, 0.3) is 5.56 Å². The van der Waals surface area contributed by atoms with Crippen LogP contribution in [0, 0.1) is 12.8 Å². The molecule has 194 valence electrons. The number of hydrogen-bond acceptors (Lipinski definition) is 6. The predicted octanol–water partition coefficient (Wildman–Crippen LogP) is 5.56. The number of ether oxygens (including phenoxy) is 1. The first-order valence-electron chi connectivity index (χ1n) is 12.8. The minimum Gasteiger partial charge on any atom is -0.493 e. The summed E-state index contributed by atoms with van der Waals surface area (Å²) in [5.41, 5.74) is 5.38. The molecule has 0 aliphatic heterocycles. The fourth-order valence-corrected chi connectivity index (χ4v) is 5.10. The second-order valence-electron chi connectivity index (χ2n) is 9.85. The van der Waals surface area contributed by atoms with E-state index in [1.54, 1.807) is 0 Å². The molecule has 0 fully saturated rings. The molecular formula is C31H27N5O2S. The molecule has 0 saturated carbocycles. The summed E-state index contributed by atoms with van der Waals surface area (Å²) in [5, 5.41) is 9.38. The van der Waals surface area contributed by atoms with E-state index in [4.69, 9.17) is 9.84 Å². The van der Waals surface area contributed by atoms with Crippen LogP contribution in [0.2, 0.25) is 0 Å². The number of benzene rings is 3. The molecule has 0 amide bonds. The smallest absolute Gasteiger partial charge is 0.291 e. The van der Waals surface area contributed by atoms with Gasteiger partial charge in [-0.1, -0.05) is 73.2 Å². The van der Waals surface area contributed by atoms with E-state index in [1.165, 1.54) is 21.4 Å². The first-order valence-corrected chi connectivity index (χ1v) is 13.6. The first-order chi connectivity index (χ1) is 18.9. The summed E-state index contributed by atoms with van der Waals surface area (Å²) in [6.07, 6.45) is 3.83. The quantitative estimate of drug-likeness (QED) is 0.269. The van der Waals surface area contributed by atoms with E-state index >= 15 is 0 Å². The Balaban J connectivity index is 1.38. The van der Waals surface area contributed by atoms with Crippen molar-refractivity contribution in [3.05, 3.63) is 111 Å². The van der Waals surface area contributed by atoms with Crippen molar-refractivity contribution >= 4 is 22.4 Å². The Morgan fingerprint density at radius 2 is 1.64 bits per heavy atom. The molecule has 3 aromatic heterocycles. The van der Waals surface area contributed by atoms with Gasteiger partial charge in [0.05, 0.1) is 22.5 Å². The van der Waals surface area contributed by atoms with Gasteiger partial charge in [-0.15, -0.1) is 5.10 Å². The monoisotopic (exact) mass is 533 g/mol. The van der Waals surface area contributed by atoms with Crippen molar-refractivity contribution in [2.45, 2.75) is 20.8 Å². The molecule has 0 saturated heterocycles. The molecule has 0 radical (unpaired) electrons. The van der Waals surface area contributed by atoms with Crippen molar-refractivity contribution in [3.63, 3.8) is 0 Å². The Hall–Kier alpha value is -4.56. The normalized spacial score (nSPS) is 12.1.